The molecule has 2 aromatic carbocycles. The molecule has 3 N–H and O–H groups in total. The van der Waals surface area contributed by atoms with Crippen molar-refractivity contribution in [1.82, 2.24) is 20.8 Å². The van der Waals surface area contributed by atoms with Crippen LogP contribution in [-0.4, -0.2) is 21.8 Å². The Morgan fingerprint density at radius 2 is 1.79 bits per heavy atom. The lowest BCUT2D eigenvalue weighted by Gasteiger charge is -2.06. The molecule has 0 saturated heterocycles. The van der Waals surface area contributed by atoms with E-state index in [1.807, 2.05) is 54.6 Å². The van der Waals surface area contributed by atoms with E-state index in [0.29, 0.717) is 23.6 Å². The number of aryl methyl sites for hydroxylation is 1. The van der Waals surface area contributed by atoms with E-state index in [9.17, 15) is 9.59 Å². The summed E-state index contributed by atoms with van der Waals surface area (Å²) in [6.45, 7) is 0. The van der Waals surface area contributed by atoms with Gasteiger partial charge in [-0.2, -0.15) is 0 Å². The first-order valence-corrected chi connectivity index (χ1v) is 8.86. The molecule has 2 aromatic heterocycles. The molecule has 0 aliphatic carbocycles. The second kappa shape index (κ2) is 7.79. The molecule has 0 atom stereocenters. The molecule has 7 heteroatoms. The maximum Gasteiger partial charge on any atom is 0.271 e. The molecule has 0 unspecified atom stereocenters. The van der Waals surface area contributed by atoms with E-state index in [1.165, 1.54) is 0 Å². The fourth-order valence-corrected chi connectivity index (χ4v) is 2.90. The number of H-pyrrole nitrogens is 1. The summed E-state index contributed by atoms with van der Waals surface area (Å²) in [6, 6.07) is 17.1. The lowest BCUT2D eigenvalue weighted by Crippen LogP contribution is -2.41. The van der Waals surface area contributed by atoms with Crippen LogP contribution in [0.1, 0.15) is 22.7 Å². The molecule has 0 fully saturated rings. The van der Waals surface area contributed by atoms with Crippen molar-refractivity contribution in [3.63, 3.8) is 0 Å². The zero-order valence-corrected chi connectivity index (χ0v) is 14.9. The summed E-state index contributed by atoms with van der Waals surface area (Å²) in [5, 5.41) is 0.794. The van der Waals surface area contributed by atoms with Gasteiger partial charge in [0, 0.05) is 35.5 Å². The number of nitrogens with zero attached hydrogens (tertiary/aromatic N) is 1. The number of amides is 2. The summed E-state index contributed by atoms with van der Waals surface area (Å²) in [7, 11) is 0. The number of oxazole rings is 1. The van der Waals surface area contributed by atoms with Crippen LogP contribution in [0.25, 0.3) is 22.2 Å². The van der Waals surface area contributed by atoms with Crippen LogP contribution < -0.4 is 10.9 Å². The summed E-state index contributed by atoms with van der Waals surface area (Å²) >= 11 is 0. The Labute approximate surface area is 160 Å². The van der Waals surface area contributed by atoms with Gasteiger partial charge in [0.05, 0.1) is 11.8 Å². The van der Waals surface area contributed by atoms with Gasteiger partial charge < -0.3 is 9.40 Å². The second-order valence-corrected chi connectivity index (χ2v) is 6.23. The number of rotatable bonds is 5. The maximum atomic E-state index is 12.3. The number of nitrogens with one attached hydrogen (secondary N) is 3. The molecule has 0 aliphatic heterocycles. The van der Waals surface area contributed by atoms with Crippen LogP contribution in [0.5, 0.6) is 0 Å². The summed E-state index contributed by atoms with van der Waals surface area (Å²) in [4.78, 5) is 31.5. The maximum absolute atomic E-state index is 12.3. The van der Waals surface area contributed by atoms with Crippen molar-refractivity contribution < 1.29 is 14.0 Å². The van der Waals surface area contributed by atoms with E-state index in [-0.39, 0.29) is 18.2 Å². The molecule has 4 rings (SSSR count). The molecule has 0 radical (unpaired) electrons. The predicted octanol–water partition coefficient (Wildman–Crippen LogP) is 3.22. The van der Waals surface area contributed by atoms with Crippen LogP contribution in [0.4, 0.5) is 0 Å². The largest absolute Gasteiger partial charge is 0.441 e. The van der Waals surface area contributed by atoms with E-state index in [1.54, 1.807) is 12.4 Å². The molecule has 0 saturated carbocycles. The van der Waals surface area contributed by atoms with Crippen LogP contribution in [0.3, 0.4) is 0 Å². The Kier molecular flexibility index (Phi) is 4.88. The predicted molar refractivity (Wildman–Crippen MR) is 104 cm³/mol. The second-order valence-electron chi connectivity index (χ2n) is 6.23. The van der Waals surface area contributed by atoms with Crippen molar-refractivity contribution in [3.05, 3.63) is 78.4 Å². The summed E-state index contributed by atoms with van der Waals surface area (Å²) in [5.41, 5.74) is 7.11. The number of carbonyl (C=O) groups is 2. The standard InChI is InChI=1S/C21H18N4O3/c26-19(10-11-20-23-13-18(28-20)14-6-2-1-3-7-14)24-25-21(27)16-12-22-17-9-5-4-8-15(16)17/h1-9,12-13,22H,10-11H2,(H,24,26)(H,25,27). The van der Waals surface area contributed by atoms with E-state index < -0.39 is 0 Å². The molecule has 0 spiro atoms. The number of hydrazine groups is 1. The van der Waals surface area contributed by atoms with Gasteiger partial charge in [-0.15, -0.1) is 0 Å². The zero-order chi connectivity index (χ0) is 19.3. The third-order valence-corrected chi connectivity index (χ3v) is 4.33. The minimum absolute atomic E-state index is 0.142. The number of hydrogen-bond donors (Lipinski definition) is 3. The van der Waals surface area contributed by atoms with Gasteiger partial charge in [0.25, 0.3) is 5.91 Å². The average molecular weight is 374 g/mol. The van der Waals surface area contributed by atoms with Gasteiger partial charge >= 0.3 is 0 Å². The lowest BCUT2D eigenvalue weighted by molar-refractivity contribution is -0.121. The molecular formula is C21H18N4O3. The first-order chi connectivity index (χ1) is 13.7. The molecule has 0 aliphatic rings. The highest BCUT2D eigenvalue weighted by Gasteiger charge is 2.13. The monoisotopic (exact) mass is 374 g/mol. The number of aromatic nitrogens is 2. The van der Waals surface area contributed by atoms with Crippen molar-refractivity contribution in [3.8, 4) is 11.3 Å². The quantitative estimate of drug-likeness (QED) is 0.467. The van der Waals surface area contributed by atoms with Crippen molar-refractivity contribution >= 4 is 22.7 Å². The van der Waals surface area contributed by atoms with E-state index >= 15 is 0 Å². The first-order valence-electron chi connectivity index (χ1n) is 8.86. The van der Waals surface area contributed by atoms with Gasteiger partial charge in [0.15, 0.2) is 11.7 Å². The van der Waals surface area contributed by atoms with Gasteiger partial charge in [0.1, 0.15) is 0 Å². The fraction of sp³-hybridized carbons (Fsp3) is 0.0952. The number of carbonyl (C=O) groups excluding carboxylic acids is 2. The van der Waals surface area contributed by atoms with Gasteiger partial charge in [-0.05, 0) is 6.07 Å². The summed E-state index contributed by atoms with van der Waals surface area (Å²) in [5.74, 6) is 0.418. The molecule has 7 nitrogen and oxygen atoms in total. The van der Waals surface area contributed by atoms with Crippen molar-refractivity contribution in [2.75, 3.05) is 0 Å². The number of fused-ring (bicyclic) bond motifs is 1. The highest BCUT2D eigenvalue weighted by Crippen LogP contribution is 2.20. The van der Waals surface area contributed by atoms with E-state index in [4.69, 9.17) is 4.42 Å². The van der Waals surface area contributed by atoms with Crippen LogP contribution in [0, 0.1) is 0 Å². The van der Waals surface area contributed by atoms with Crippen LogP contribution in [-0.2, 0) is 11.2 Å². The van der Waals surface area contributed by atoms with Crippen LogP contribution >= 0.6 is 0 Å². The Morgan fingerprint density at radius 3 is 2.64 bits per heavy atom. The third kappa shape index (κ3) is 3.78. The number of para-hydroxylation sites is 1. The zero-order valence-electron chi connectivity index (χ0n) is 14.9. The molecular weight excluding hydrogens is 356 g/mol. The Hall–Kier alpha value is -3.87. The van der Waals surface area contributed by atoms with Crippen LogP contribution in [0.15, 0.2) is 71.4 Å². The molecule has 0 bridgehead atoms. The Morgan fingerprint density at radius 1 is 1.00 bits per heavy atom. The SMILES string of the molecule is O=C(CCc1ncc(-c2ccccc2)o1)NNC(=O)c1c[nH]c2ccccc12. The normalized spacial score (nSPS) is 10.7. The number of aromatic amines is 1. The minimum Gasteiger partial charge on any atom is -0.441 e. The topological polar surface area (TPSA) is 100 Å². The first kappa shape index (κ1) is 17.5. The highest BCUT2D eigenvalue weighted by atomic mass is 16.4. The third-order valence-electron chi connectivity index (χ3n) is 4.33. The van der Waals surface area contributed by atoms with E-state index in [2.05, 4.69) is 20.8 Å². The van der Waals surface area contributed by atoms with Crippen molar-refractivity contribution in [2.24, 2.45) is 0 Å². The number of benzene rings is 2. The summed E-state index contributed by atoms with van der Waals surface area (Å²) < 4.78 is 5.67. The fourth-order valence-electron chi connectivity index (χ4n) is 2.90. The van der Waals surface area contributed by atoms with Crippen molar-refractivity contribution in [1.29, 1.82) is 0 Å². The van der Waals surface area contributed by atoms with Crippen LogP contribution in [0.2, 0.25) is 0 Å². The van der Waals surface area contributed by atoms with Gasteiger partial charge in [-0.1, -0.05) is 48.5 Å². The smallest absolute Gasteiger partial charge is 0.271 e. The lowest BCUT2D eigenvalue weighted by atomic mass is 10.2. The van der Waals surface area contributed by atoms with Crippen molar-refractivity contribution in [2.45, 2.75) is 12.8 Å². The number of hydrogen-bond acceptors (Lipinski definition) is 4. The average Bonchev–Trinajstić information content (AvgIpc) is 3.38. The molecule has 4 aromatic rings. The minimum atomic E-state index is -0.381. The summed E-state index contributed by atoms with van der Waals surface area (Å²) in [6.07, 6.45) is 3.73. The molecule has 2 heterocycles. The Balaban J connectivity index is 1.29. The van der Waals surface area contributed by atoms with E-state index in [0.717, 1.165) is 16.5 Å². The van der Waals surface area contributed by atoms with Gasteiger partial charge in [-0.25, -0.2) is 4.98 Å². The Bertz CT molecular complexity index is 1110. The highest BCUT2D eigenvalue weighted by molar-refractivity contribution is 6.07. The van der Waals surface area contributed by atoms with Gasteiger partial charge in [-0.3, -0.25) is 20.4 Å². The molecule has 140 valence electrons. The molecule has 28 heavy (non-hydrogen) atoms. The van der Waals surface area contributed by atoms with Gasteiger partial charge in [0.2, 0.25) is 5.91 Å². The molecule has 2 amide bonds.